The third-order valence-corrected chi connectivity index (χ3v) is 5.65. The highest BCUT2D eigenvalue weighted by Gasteiger charge is 2.24. The number of aryl methyl sites for hydroxylation is 1. The van der Waals surface area contributed by atoms with Crippen molar-refractivity contribution in [1.29, 1.82) is 0 Å². The highest BCUT2D eigenvalue weighted by molar-refractivity contribution is 9.10. The summed E-state index contributed by atoms with van der Waals surface area (Å²) in [4.78, 5) is 28.6. The minimum absolute atomic E-state index is 0.228. The highest BCUT2D eigenvalue weighted by Crippen LogP contribution is 2.36. The molecule has 2 aromatic rings. The molecule has 1 aliphatic rings. The first-order valence-electron chi connectivity index (χ1n) is 8.84. The maximum atomic E-state index is 12.4. The molecule has 0 atom stereocenters. The minimum atomic E-state index is -0.445. The summed E-state index contributed by atoms with van der Waals surface area (Å²) >= 11 is 4.71. The van der Waals surface area contributed by atoms with E-state index < -0.39 is 5.97 Å². The second-order valence-electron chi connectivity index (χ2n) is 6.12. The number of esters is 1. The average molecular weight is 475 g/mol. The van der Waals surface area contributed by atoms with E-state index >= 15 is 0 Å². The molecule has 0 unspecified atom stereocenters. The number of amides is 1. The Balaban J connectivity index is 1.85. The van der Waals surface area contributed by atoms with Crippen molar-refractivity contribution in [3.8, 4) is 11.5 Å². The Bertz CT molecular complexity index is 1020. The molecule has 2 aromatic carbocycles. The molecule has 1 aliphatic heterocycles. The van der Waals surface area contributed by atoms with E-state index in [1.165, 1.54) is 31.4 Å². The number of amidine groups is 1. The second-order valence-corrected chi connectivity index (χ2v) is 8.00. The number of rotatable bonds is 5. The molecule has 0 aliphatic carbocycles. The van der Waals surface area contributed by atoms with Crippen molar-refractivity contribution in [3.63, 3.8) is 0 Å². The van der Waals surface area contributed by atoms with Crippen LogP contribution in [0.2, 0.25) is 0 Å². The van der Waals surface area contributed by atoms with Gasteiger partial charge in [0.05, 0.1) is 17.7 Å². The van der Waals surface area contributed by atoms with Crippen molar-refractivity contribution in [3.05, 3.63) is 56.9 Å². The van der Waals surface area contributed by atoms with Crippen LogP contribution in [0.15, 0.2) is 50.8 Å². The van der Waals surface area contributed by atoms with Crippen molar-refractivity contribution in [2.75, 3.05) is 7.11 Å². The molecule has 0 aromatic heterocycles. The molecular weight excluding hydrogens is 456 g/mol. The van der Waals surface area contributed by atoms with Crippen LogP contribution in [0.25, 0.3) is 6.08 Å². The van der Waals surface area contributed by atoms with Crippen LogP contribution in [0, 0.1) is 0 Å². The molecule has 6 nitrogen and oxygen atoms in total. The molecule has 1 amide bonds. The van der Waals surface area contributed by atoms with Gasteiger partial charge in [0.15, 0.2) is 16.7 Å². The van der Waals surface area contributed by atoms with Crippen LogP contribution in [-0.2, 0) is 16.0 Å². The monoisotopic (exact) mass is 474 g/mol. The largest absolute Gasteiger partial charge is 0.493 e. The number of benzene rings is 2. The Labute approximate surface area is 181 Å². The maximum Gasteiger partial charge on any atom is 0.308 e. The summed E-state index contributed by atoms with van der Waals surface area (Å²) in [6, 6.07) is 11.2. The number of thioether (sulfide) groups is 1. The van der Waals surface area contributed by atoms with Crippen LogP contribution >= 0.6 is 27.7 Å². The lowest BCUT2D eigenvalue weighted by Gasteiger charge is -2.10. The number of hydrogen-bond acceptors (Lipinski definition) is 6. The SMILES string of the molecule is CCc1ccc(N=C2NC(=O)/C(=C/c3cc(OC)c(OC(C)=O)cc3Br)S2)cc1. The number of nitrogens with one attached hydrogen (secondary N) is 1. The lowest BCUT2D eigenvalue weighted by molar-refractivity contribution is -0.132. The van der Waals surface area contributed by atoms with Crippen molar-refractivity contribution >= 4 is 56.5 Å². The molecule has 8 heteroatoms. The first-order valence-corrected chi connectivity index (χ1v) is 10.4. The summed E-state index contributed by atoms with van der Waals surface area (Å²) in [5, 5.41) is 3.30. The normalized spacial score (nSPS) is 16.2. The zero-order chi connectivity index (χ0) is 21.0. The lowest BCUT2D eigenvalue weighted by atomic mass is 10.2. The van der Waals surface area contributed by atoms with Gasteiger partial charge in [-0.2, -0.15) is 0 Å². The average Bonchev–Trinajstić information content (AvgIpc) is 3.02. The van der Waals surface area contributed by atoms with E-state index in [-0.39, 0.29) is 5.91 Å². The van der Waals surface area contributed by atoms with E-state index in [0.29, 0.717) is 31.6 Å². The fourth-order valence-corrected chi connectivity index (χ4v) is 3.87. The van der Waals surface area contributed by atoms with Gasteiger partial charge >= 0.3 is 5.97 Å². The Morgan fingerprint density at radius 3 is 2.59 bits per heavy atom. The summed E-state index contributed by atoms with van der Waals surface area (Å²) < 4.78 is 11.1. The van der Waals surface area contributed by atoms with Gasteiger partial charge in [-0.25, -0.2) is 4.99 Å². The smallest absolute Gasteiger partial charge is 0.308 e. The summed E-state index contributed by atoms with van der Waals surface area (Å²) in [7, 11) is 1.48. The summed E-state index contributed by atoms with van der Waals surface area (Å²) in [6.07, 6.45) is 2.69. The quantitative estimate of drug-likeness (QED) is 0.381. The van der Waals surface area contributed by atoms with Gasteiger partial charge in [-0.3, -0.25) is 9.59 Å². The van der Waals surface area contributed by atoms with Gasteiger partial charge in [0.1, 0.15) is 0 Å². The van der Waals surface area contributed by atoms with Gasteiger partial charge in [-0.15, -0.1) is 0 Å². The summed E-state index contributed by atoms with van der Waals surface area (Å²) in [5.74, 6) is 0.0209. The molecule has 29 heavy (non-hydrogen) atoms. The van der Waals surface area contributed by atoms with Gasteiger partial charge in [0.25, 0.3) is 5.91 Å². The van der Waals surface area contributed by atoms with Crippen LogP contribution < -0.4 is 14.8 Å². The van der Waals surface area contributed by atoms with Crippen molar-refractivity contribution in [2.45, 2.75) is 20.3 Å². The number of halogens is 1. The standard InChI is InChI=1S/C21H19BrN2O4S/c1-4-13-5-7-15(8-6-13)23-21-24-20(26)19(29-21)10-14-9-17(27-3)18(11-16(14)22)28-12(2)25/h5-11H,4H2,1-3H3,(H,23,24,26)/b19-10-. The Kier molecular flexibility index (Phi) is 6.76. The minimum Gasteiger partial charge on any atom is -0.493 e. The molecule has 1 heterocycles. The van der Waals surface area contributed by atoms with Gasteiger partial charge in [0, 0.05) is 11.4 Å². The van der Waals surface area contributed by atoms with Gasteiger partial charge in [-0.1, -0.05) is 35.0 Å². The molecule has 0 radical (unpaired) electrons. The van der Waals surface area contributed by atoms with Crippen LogP contribution in [0.4, 0.5) is 5.69 Å². The molecule has 0 spiro atoms. The number of carbonyl (C=O) groups excluding carboxylic acids is 2. The third kappa shape index (κ3) is 5.27. The van der Waals surface area contributed by atoms with Crippen molar-refractivity contribution in [1.82, 2.24) is 5.32 Å². The van der Waals surface area contributed by atoms with E-state index in [2.05, 4.69) is 33.2 Å². The van der Waals surface area contributed by atoms with E-state index in [1.54, 1.807) is 18.2 Å². The predicted molar refractivity (Wildman–Crippen MR) is 119 cm³/mol. The molecule has 1 fully saturated rings. The van der Waals surface area contributed by atoms with Gasteiger partial charge in [0.2, 0.25) is 0 Å². The number of aliphatic imine (C=N–C) groups is 1. The van der Waals surface area contributed by atoms with E-state index in [1.807, 2.05) is 24.3 Å². The number of carbonyl (C=O) groups is 2. The van der Waals surface area contributed by atoms with Crippen molar-refractivity contribution in [2.24, 2.45) is 4.99 Å². The number of ether oxygens (including phenoxy) is 2. The van der Waals surface area contributed by atoms with E-state index in [0.717, 1.165) is 12.1 Å². The third-order valence-electron chi connectivity index (χ3n) is 4.05. The number of nitrogens with zero attached hydrogens (tertiary/aromatic N) is 1. The molecular formula is C21H19BrN2O4S. The van der Waals surface area contributed by atoms with Gasteiger partial charge in [-0.05, 0) is 59.7 Å². The topological polar surface area (TPSA) is 77.0 Å². The zero-order valence-electron chi connectivity index (χ0n) is 16.1. The molecule has 3 rings (SSSR count). The zero-order valence-corrected chi connectivity index (χ0v) is 18.5. The Hall–Kier alpha value is -2.58. The first kappa shape index (κ1) is 21.1. The molecule has 0 bridgehead atoms. The predicted octanol–water partition coefficient (Wildman–Crippen LogP) is 4.84. The lowest BCUT2D eigenvalue weighted by Crippen LogP contribution is -2.19. The van der Waals surface area contributed by atoms with Crippen LogP contribution in [0.1, 0.15) is 25.0 Å². The van der Waals surface area contributed by atoms with Crippen molar-refractivity contribution < 1.29 is 19.1 Å². The fourth-order valence-electron chi connectivity index (χ4n) is 2.60. The molecule has 0 saturated carbocycles. The van der Waals surface area contributed by atoms with Crippen LogP contribution in [0.5, 0.6) is 11.5 Å². The summed E-state index contributed by atoms with van der Waals surface area (Å²) in [6.45, 7) is 3.41. The molecule has 1 N–H and O–H groups in total. The molecule has 150 valence electrons. The Morgan fingerprint density at radius 1 is 1.24 bits per heavy atom. The van der Waals surface area contributed by atoms with Crippen LogP contribution in [-0.4, -0.2) is 24.2 Å². The van der Waals surface area contributed by atoms with E-state index in [9.17, 15) is 9.59 Å². The molecule has 1 saturated heterocycles. The van der Waals surface area contributed by atoms with Crippen LogP contribution in [0.3, 0.4) is 0 Å². The summed E-state index contributed by atoms with van der Waals surface area (Å²) in [5.41, 5.74) is 2.72. The highest BCUT2D eigenvalue weighted by atomic mass is 79.9. The first-order chi connectivity index (χ1) is 13.9. The number of hydrogen-bond donors (Lipinski definition) is 1. The van der Waals surface area contributed by atoms with E-state index in [4.69, 9.17) is 9.47 Å². The second kappa shape index (κ2) is 9.28. The Morgan fingerprint density at radius 2 is 1.97 bits per heavy atom. The fraction of sp³-hybridized carbons (Fsp3) is 0.190. The van der Waals surface area contributed by atoms with Gasteiger partial charge < -0.3 is 14.8 Å². The maximum absolute atomic E-state index is 12.4. The number of methoxy groups -OCH3 is 1.